The van der Waals surface area contributed by atoms with Crippen LogP contribution in [0.25, 0.3) is 16.9 Å². The van der Waals surface area contributed by atoms with Crippen LogP contribution in [0.15, 0.2) is 54.7 Å². The highest BCUT2D eigenvalue weighted by atomic mass is 16.5. The van der Waals surface area contributed by atoms with Gasteiger partial charge in [-0.25, -0.2) is 4.68 Å². The lowest BCUT2D eigenvalue weighted by Gasteiger charge is -2.15. The number of hydrogen-bond acceptors (Lipinski definition) is 4. The molecule has 1 aliphatic heterocycles. The van der Waals surface area contributed by atoms with Gasteiger partial charge in [-0.15, -0.1) is 0 Å². The topological polar surface area (TPSA) is 45.5 Å². The van der Waals surface area contributed by atoms with Gasteiger partial charge in [0.15, 0.2) is 0 Å². The van der Waals surface area contributed by atoms with E-state index in [9.17, 15) is 0 Å². The maximum Gasteiger partial charge on any atom is 0.122 e. The quantitative estimate of drug-likeness (QED) is 0.660. The summed E-state index contributed by atoms with van der Waals surface area (Å²) in [7, 11) is 3.40. The summed E-state index contributed by atoms with van der Waals surface area (Å²) in [5.74, 6) is 2.32. The molecule has 1 saturated heterocycles. The highest BCUT2D eigenvalue weighted by Gasteiger charge is 2.19. The van der Waals surface area contributed by atoms with E-state index in [1.54, 1.807) is 14.2 Å². The van der Waals surface area contributed by atoms with E-state index in [1.807, 2.05) is 47.3 Å². The summed E-state index contributed by atoms with van der Waals surface area (Å²) in [4.78, 5) is 0. The van der Waals surface area contributed by atoms with Crippen LogP contribution in [0.1, 0.15) is 12.0 Å². The summed E-state index contributed by atoms with van der Waals surface area (Å²) >= 11 is 0. The van der Waals surface area contributed by atoms with Crippen LogP contribution in [0.5, 0.6) is 11.5 Å². The molecule has 0 N–H and O–H groups in total. The molecule has 0 spiro atoms. The smallest absolute Gasteiger partial charge is 0.122 e. The van der Waals surface area contributed by atoms with Crippen molar-refractivity contribution in [3.63, 3.8) is 0 Å². The Morgan fingerprint density at radius 2 is 1.93 bits per heavy atom. The third-order valence-corrected chi connectivity index (χ3v) is 5.07. The van der Waals surface area contributed by atoms with Crippen LogP contribution in [0.4, 0.5) is 0 Å². The van der Waals surface area contributed by atoms with Gasteiger partial charge >= 0.3 is 0 Å². The van der Waals surface area contributed by atoms with E-state index in [2.05, 4.69) is 17.2 Å². The summed E-state index contributed by atoms with van der Waals surface area (Å²) in [6.07, 6.45) is 3.90. The van der Waals surface area contributed by atoms with Gasteiger partial charge in [-0.2, -0.15) is 5.10 Å². The zero-order valence-corrected chi connectivity index (χ0v) is 15.7. The monoisotopic (exact) mass is 364 g/mol. The number of methoxy groups -OCH3 is 2. The Labute approximate surface area is 159 Å². The van der Waals surface area contributed by atoms with Crippen molar-refractivity contribution in [1.29, 1.82) is 0 Å². The normalized spacial score (nSPS) is 16.4. The molecule has 1 aromatic heterocycles. The fourth-order valence-corrected chi connectivity index (χ4v) is 3.60. The molecule has 0 unspecified atom stereocenters. The molecule has 0 amide bonds. The molecule has 5 heteroatoms. The zero-order valence-electron chi connectivity index (χ0n) is 15.7. The maximum absolute atomic E-state index is 5.59. The second-order valence-corrected chi connectivity index (χ2v) is 6.79. The molecular weight excluding hydrogens is 340 g/mol. The Hall–Kier alpha value is -2.79. The Morgan fingerprint density at radius 3 is 2.63 bits per heavy atom. The Bertz CT molecular complexity index is 896. The molecule has 1 aliphatic rings. The van der Waals surface area contributed by atoms with E-state index < -0.39 is 0 Å². The van der Waals surface area contributed by atoms with Crippen LogP contribution in [0, 0.1) is 5.92 Å². The first kappa shape index (κ1) is 17.6. The average molecular weight is 364 g/mol. The van der Waals surface area contributed by atoms with Gasteiger partial charge in [0.05, 0.1) is 31.8 Å². The van der Waals surface area contributed by atoms with Crippen molar-refractivity contribution < 1.29 is 14.2 Å². The molecule has 0 aliphatic carbocycles. The number of aromatic nitrogens is 2. The standard InChI is InChI=1S/C22H24N2O3/c1-25-20-6-4-19(5-7-20)24-21(9-11-23-24)17-3-8-22(26-2)18(14-17)13-16-10-12-27-15-16/h3-9,11,14,16H,10,12-13,15H2,1-2H3/t16-/m0/s1. The molecule has 0 bridgehead atoms. The molecule has 2 aromatic carbocycles. The lowest BCUT2D eigenvalue weighted by molar-refractivity contribution is 0.185. The van der Waals surface area contributed by atoms with Crippen LogP contribution in [0.3, 0.4) is 0 Å². The van der Waals surface area contributed by atoms with Crippen LogP contribution in [-0.4, -0.2) is 37.2 Å². The molecule has 140 valence electrons. The van der Waals surface area contributed by atoms with Crippen LogP contribution in [0.2, 0.25) is 0 Å². The Morgan fingerprint density at radius 1 is 1.07 bits per heavy atom. The lowest BCUT2D eigenvalue weighted by Crippen LogP contribution is -2.06. The van der Waals surface area contributed by atoms with Crippen molar-refractivity contribution in [1.82, 2.24) is 9.78 Å². The lowest BCUT2D eigenvalue weighted by atomic mass is 9.96. The molecule has 0 radical (unpaired) electrons. The third-order valence-electron chi connectivity index (χ3n) is 5.07. The van der Waals surface area contributed by atoms with Gasteiger partial charge in [-0.3, -0.25) is 0 Å². The predicted octanol–water partition coefficient (Wildman–Crippen LogP) is 4.14. The van der Waals surface area contributed by atoms with Crippen LogP contribution < -0.4 is 9.47 Å². The van der Waals surface area contributed by atoms with Crippen molar-refractivity contribution in [2.24, 2.45) is 5.92 Å². The van der Waals surface area contributed by atoms with Crippen molar-refractivity contribution in [3.05, 3.63) is 60.3 Å². The van der Waals surface area contributed by atoms with E-state index in [-0.39, 0.29) is 0 Å². The third kappa shape index (κ3) is 3.69. The zero-order chi connectivity index (χ0) is 18.6. The molecule has 1 fully saturated rings. The Kier molecular flexibility index (Phi) is 5.12. The molecule has 4 rings (SSSR count). The van der Waals surface area contributed by atoms with Gasteiger partial charge in [0.1, 0.15) is 11.5 Å². The molecule has 27 heavy (non-hydrogen) atoms. The summed E-state index contributed by atoms with van der Waals surface area (Å²) in [6, 6.07) is 16.3. The summed E-state index contributed by atoms with van der Waals surface area (Å²) in [5.41, 5.74) is 4.38. The van der Waals surface area contributed by atoms with Crippen molar-refractivity contribution >= 4 is 0 Å². The van der Waals surface area contributed by atoms with Gasteiger partial charge in [-0.05, 0) is 72.9 Å². The minimum Gasteiger partial charge on any atom is -0.497 e. The van der Waals surface area contributed by atoms with Crippen molar-refractivity contribution in [2.75, 3.05) is 27.4 Å². The van der Waals surface area contributed by atoms with Gasteiger partial charge in [0.25, 0.3) is 0 Å². The molecule has 3 aromatic rings. The van der Waals surface area contributed by atoms with Gasteiger partial charge in [-0.1, -0.05) is 0 Å². The Balaban J connectivity index is 1.68. The molecule has 0 saturated carbocycles. The SMILES string of the molecule is COc1ccc(-n2nccc2-c2ccc(OC)c(C[C@@H]3CCOC3)c2)cc1. The molecular formula is C22H24N2O3. The first-order chi connectivity index (χ1) is 13.3. The van der Waals surface area contributed by atoms with Gasteiger partial charge < -0.3 is 14.2 Å². The second-order valence-electron chi connectivity index (χ2n) is 6.79. The van der Waals surface area contributed by atoms with E-state index in [0.29, 0.717) is 5.92 Å². The fourth-order valence-electron chi connectivity index (χ4n) is 3.60. The molecule has 1 atom stereocenters. The predicted molar refractivity (Wildman–Crippen MR) is 105 cm³/mol. The van der Waals surface area contributed by atoms with Gasteiger partial charge in [0, 0.05) is 18.8 Å². The minimum absolute atomic E-state index is 0.556. The van der Waals surface area contributed by atoms with Crippen molar-refractivity contribution in [3.8, 4) is 28.4 Å². The maximum atomic E-state index is 5.59. The molecule has 5 nitrogen and oxygen atoms in total. The number of benzene rings is 2. The number of ether oxygens (including phenoxy) is 3. The van der Waals surface area contributed by atoms with Gasteiger partial charge in [0.2, 0.25) is 0 Å². The average Bonchev–Trinajstić information content (AvgIpc) is 3.40. The summed E-state index contributed by atoms with van der Waals surface area (Å²) in [6.45, 7) is 1.69. The first-order valence-corrected chi connectivity index (χ1v) is 9.22. The van der Waals surface area contributed by atoms with Crippen LogP contribution >= 0.6 is 0 Å². The fraction of sp³-hybridized carbons (Fsp3) is 0.318. The number of nitrogens with zero attached hydrogens (tertiary/aromatic N) is 2. The van der Waals surface area contributed by atoms with E-state index in [0.717, 1.165) is 54.5 Å². The van der Waals surface area contributed by atoms with E-state index >= 15 is 0 Å². The first-order valence-electron chi connectivity index (χ1n) is 9.22. The minimum atomic E-state index is 0.556. The highest BCUT2D eigenvalue weighted by Crippen LogP contribution is 2.31. The number of rotatable bonds is 6. The number of hydrogen-bond donors (Lipinski definition) is 0. The molecule has 2 heterocycles. The van der Waals surface area contributed by atoms with E-state index in [1.165, 1.54) is 5.56 Å². The van der Waals surface area contributed by atoms with Crippen LogP contribution in [-0.2, 0) is 11.2 Å². The van der Waals surface area contributed by atoms with Crippen molar-refractivity contribution in [2.45, 2.75) is 12.8 Å². The van der Waals surface area contributed by atoms with E-state index in [4.69, 9.17) is 14.2 Å². The largest absolute Gasteiger partial charge is 0.497 e. The summed E-state index contributed by atoms with van der Waals surface area (Å²) in [5, 5.41) is 4.52. The highest BCUT2D eigenvalue weighted by molar-refractivity contribution is 5.64. The summed E-state index contributed by atoms with van der Waals surface area (Å²) < 4.78 is 18.3. The second kappa shape index (κ2) is 7.84.